The third-order valence-electron chi connectivity index (χ3n) is 2.28. The summed E-state index contributed by atoms with van der Waals surface area (Å²) < 4.78 is 0. The Morgan fingerprint density at radius 3 is 2.30 bits per heavy atom. The monoisotopic (exact) mass is 295 g/mol. The van der Waals surface area contributed by atoms with E-state index in [4.69, 9.17) is 12.2 Å². The zero-order valence-corrected chi connectivity index (χ0v) is 12.4. The second-order valence-electron chi connectivity index (χ2n) is 5.54. The first-order valence-corrected chi connectivity index (χ1v) is 6.43. The molecule has 1 aromatic rings. The number of non-ortho nitro benzene ring substituents is 1. The van der Waals surface area contributed by atoms with Crippen LogP contribution < -0.4 is 10.6 Å². The van der Waals surface area contributed by atoms with Crippen LogP contribution in [0.2, 0.25) is 0 Å². The minimum atomic E-state index is -0.479. The van der Waals surface area contributed by atoms with Crippen LogP contribution in [-0.2, 0) is 4.79 Å². The molecule has 0 bridgehead atoms. The van der Waals surface area contributed by atoms with Crippen LogP contribution >= 0.6 is 12.2 Å². The molecule has 1 amide bonds. The third-order valence-corrected chi connectivity index (χ3v) is 2.48. The van der Waals surface area contributed by atoms with E-state index >= 15 is 0 Å². The van der Waals surface area contributed by atoms with Crippen LogP contribution in [0.1, 0.15) is 27.2 Å². The van der Waals surface area contributed by atoms with Crippen molar-refractivity contribution in [2.24, 2.45) is 5.41 Å². The molecule has 0 spiro atoms. The van der Waals surface area contributed by atoms with Crippen LogP contribution in [0.3, 0.4) is 0 Å². The van der Waals surface area contributed by atoms with Gasteiger partial charge < -0.3 is 10.6 Å². The Kier molecular flexibility index (Phi) is 5.15. The van der Waals surface area contributed by atoms with E-state index in [1.807, 2.05) is 20.8 Å². The zero-order chi connectivity index (χ0) is 15.3. The summed E-state index contributed by atoms with van der Waals surface area (Å²) in [5.74, 6) is -0.170. The summed E-state index contributed by atoms with van der Waals surface area (Å²) in [7, 11) is 0. The Labute approximate surface area is 122 Å². The van der Waals surface area contributed by atoms with Gasteiger partial charge in [-0.3, -0.25) is 14.9 Å². The van der Waals surface area contributed by atoms with Crippen molar-refractivity contribution in [3.63, 3.8) is 0 Å². The predicted molar refractivity (Wildman–Crippen MR) is 81.5 cm³/mol. The van der Waals surface area contributed by atoms with Crippen molar-refractivity contribution in [2.45, 2.75) is 27.2 Å². The van der Waals surface area contributed by atoms with Crippen molar-refractivity contribution in [2.75, 3.05) is 5.32 Å². The zero-order valence-electron chi connectivity index (χ0n) is 11.6. The van der Waals surface area contributed by atoms with E-state index < -0.39 is 4.92 Å². The quantitative estimate of drug-likeness (QED) is 0.509. The van der Waals surface area contributed by atoms with Crippen molar-refractivity contribution in [3.8, 4) is 0 Å². The Hall–Kier alpha value is -2.02. The minimum absolute atomic E-state index is 0.00163. The normalized spacial score (nSPS) is 10.8. The molecule has 0 aromatic heterocycles. The van der Waals surface area contributed by atoms with Crippen molar-refractivity contribution in [3.05, 3.63) is 34.4 Å². The number of thiocarbonyl (C=S) groups is 1. The molecular formula is C13H17N3O3S. The van der Waals surface area contributed by atoms with Gasteiger partial charge in [-0.2, -0.15) is 0 Å². The van der Waals surface area contributed by atoms with E-state index in [0.29, 0.717) is 12.1 Å². The summed E-state index contributed by atoms with van der Waals surface area (Å²) >= 11 is 5.01. The molecule has 0 radical (unpaired) electrons. The molecule has 2 N–H and O–H groups in total. The van der Waals surface area contributed by atoms with E-state index in [0.717, 1.165) is 0 Å². The van der Waals surface area contributed by atoms with Crippen LogP contribution in [0.5, 0.6) is 0 Å². The number of nitro groups is 1. The summed E-state index contributed by atoms with van der Waals surface area (Å²) in [5.41, 5.74) is 0.461. The highest BCUT2D eigenvalue weighted by Gasteiger charge is 2.16. The molecule has 0 saturated carbocycles. The number of carbonyl (C=O) groups excluding carboxylic acids is 1. The van der Waals surface area contributed by atoms with Gasteiger partial charge in [-0.15, -0.1) is 0 Å². The molecule has 0 heterocycles. The smallest absolute Gasteiger partial charge is 0.269 e. The molecule has 0 unspecified atom stereocenters. The maximum absolute atomic E-state index is 11.7. The molecular weight excluding hydrogens is 278 g/mol. The van der Waals surface area contributed by atoms with Gasteiger partial charge in [0.2, 0.25) is 5.91 Å². The number of amides is 1. The highest BCUT2D eigenvalue weighted by atomic mass is 32.1. The van der Waals surface area contributed by atoms with Gasteiger partial charge in [0, 0.05) is 24.2 Å². The minimum Gasteiger partial charge on any atom is -0.332 e. The van der Waals surface area contributed by atoms with Crippen LogP contribution in [0.4, 0.5) is 11.4 Å². The SMILES string of the molecule is CC(C)(C)CC(=O)NC(=S)Nc1ccc([N+](=O)[O-])cc1. The molecule has 20 heavy (non-hydrogen) atoms. The second kappa shape index (κ2) is 6.42. The average Bonchev–Trinajstić information content (AvgIpc) is 2.26. The van der Waals surface area contributed by atoms with Crippen molar-refractivity contribution in [1.82, 2.24) is 5.32 Å². The van der Waals surface area contributed by atoms with Gasteiger partial charge in [-0.1, -0.05) is 20.8 Å². The first-order valence-electron chi connectivity index (χ1n) is 6.03. The highest BCUT2D eigenvalue weighted by molar-refractivity contribution is 7.80. The fourth-order valence-corrected chi connectivity index (χ4v) is 1.71. The molecule has 1 aromatic carbocycles. The van der Waals surface area contributed by atoms with Gasteiger partial charge in [0.15, 0.2) is 5.11 Å². The second-order valence-corrected chi connectivity index (χ2v) is 5.95. The van der Waals surface area contributed by atoms with Gasteiger partial charge in [-0.25, -0.2) is 0 Å². The topological polar surface area (TPSA) is 84.3 Å². The molecule has 6 nitrogen and oxygen atoms in total. The van der Waals surface area contributed by atoms with Crippen molar-refractivity contribution >= 4 is 34.6 Å². The predicted octanol–water partition coefficient (Wildman–Crippen LogP) is 2.84. The average molecular weight is 295 g/mol. The van der Waals surface area contributed by atoms with E-state index in [9.17, 15) is 14.9 Å². The number of nitro benzene ring substituents is 1. The van der Waals surface area contributed by atoms with E-state index in [2.05, 4.69) is 10.6 Å². The standard InChI is InChI=1S/C13H17N3O3S/c1-13(2,3)8-11(17)15-12(20)14-9-4-6-10(7-5-9)16(18)19/h4-7H,8H2,1-3H3,(H2,14,15,17,20). The van der Waals surface area contributed by atoms with Crippen LogP contribution in [0.15, 0.2) is 24.3 Å². The Morgan fingerprint density at radius 1 is 1.30 bits per heavy atom. The fraction of sp³-hybridized carbons (Fsp3) is 0.385. The van der Waals surface area contributed by atoms with Crippen LogP contribution in [0, 0.1) is 15.5 Å². The largest absolute Gasteiger partial charge is 0.332 e. The lowest BCUT2D eigenvalue weighted by Gasteiger charge is -2.17. The number of carbonyl (C=O) groups is 1. The summed E-state index contributed by atoms with van der Waals surface area (Å²) in [4.78, 5) is 21.7. The van der Waals surface area contributed by atoms with Crippen LogP contribution in [-0.4, -0.2) is 15.9 Å². The molecule has 108 valence electrons. The molecule has 0 aliphatic heterocycles. The first kappa shape index (κ1) is 16.0. The molecule has 0 aliphatic carbocycles. The maximum Gasteiger partial charge on any atom is 0.269 e. The lowest BCUT2D eigenvalue weighted by atomic mass is 9.92. The summed E-state index contributed by atoms with van der Waals surface area (Å²) in [6.45, 7) is 5.87. The molecule has 1 rings (SSSR count). The molecule has 0 atom stereocenters. The number of hydrogen-bond donors (Lipinski definition) is 2. The van der Waals surface area contributed by atoms with Crippen LogP contribution in [0.25, 0.3) is 0 Å². The summed E-state index contributed by atoms with van der Waals surface area (Å²) in [5, 5.41) is 16.1. The van der Waals surface area contributed by atoms with E-state index in [1.54, 1.807) is 0 Å². The summed E-state index contributed by atoms with van der Waals surface area (Å²) in [6, 6.07) is 5.78. The number of hydrogen-bond acceptors (Lipinski definition) is 4. The Balaban J connectivity index is 2.54. The number of anilines is 1. The molecule has 0 saturated heterocycles. The van der Waals surface area contributed by atoms with Gasteiger partial charge in [0.1, 0.15) is 0 Å². The maximum atomic E-state index is 11.7. The summed E-state index contributed by atoms with van der Waals surface area (Å²) in [6.07, 6.45) is 0.356. The number of nitrogens with one attached hydrogen (secondary N) is 2. The number of rotatable bonds is 3. The lowest BCUT2D eigenvalue weighted by Crippen LogP contribution is -2.36. The van der Waals surface area contributed by atoms with E-state index in [-0.39, 0.29) is 22.1 Å². The third kappa shape index (κ3) is 5.75. The Bertz CT molecular complexity index is 521. The van der Waals surface area contributed by atoms with Gasteiger partial charge in [0.25, 0.3) is 5.69 Å². The van der Waals surface area contributed by atoms with Gasteiger partial charge in [-0.05, 0) is 29.8 Å². The highest BCUT2D eigenvalue weighted by Crippen LogP contribution is 2.18. The van der Waals surface area contributed by atoms with Gasteiger partial charge >= 0.3 is 0 Å². The molecule has 7 heteroatoms. The van der Waals surface area contributed by atoms with Crippen molar-refractivity contribution in [1.29, 1.82) is 0 Å². The van der Waals surface area contributed by atoms with E-state index in [1.165, 1.54) is 24.3 Å². The molecule has 0 fully saturated rings. The van der Waals surface area contributed by atoms with Crippen molar-refractivity contribution < 1.29 is 9.72 Å². The number of nitrogens with zero attached hydrogens (tertiary/aromatic N) is 1. The molecule has 0 aliphatic rings. The van der Waals surface area contributed by atoms with Gasteiger partial charge in [0.05, 0.1) is 4.92 Å². The first-order chi connectivity index (χ1) is 9.17. The number of benzene rings is 1. The Morgan fingerprint density at radius 2 is 1.85 bits per heavy atom. The lowest BCUT2D eigenvalue weighted by molar-refractivity contribution is -0.384. The fourth-order valence-electron chi connectivity index (χ4n) is 1.48.